The van der Waals surface area contributed by atoms with Crippen molar-refractivity contribution in [3.05, 3.63) is 0 Å². The van der Waals surface area contributed by atoms with E-state index >= 15 is 0 Å². The lowest BCUT2D eigenvalue weighted by Crippen LogP contribution is -2.62. The highest BCUT2D eigenvalue weighted by Gasteiger charge is 2.66. The minimum absolute atomic E-state index is 0.0698. The molecule has 1 heterocycles. The molecule has 1 aliphatic heterocycles. The molecule has 1 spiro atoms. The lowest BCUT2D eigenvalue weighted by atomic mass is 9.46. The predicted octanol–water partition coefficient (Wildman–Crippen LogP) is 3.38. The van der Waals surface area contributed by atoms with E-state index in [1.807, 2.05) is 0 Å². The molecule has 2 saturated carbocycles. The molecule has 3 fully saturated rings. The third-order valence-electron chi connectivity index (χ3n) is 6.99. The van der Waals surface area contributed by atoms with Crippen LogP contribution in [0.15, 0.2) is 0 Å². The molecule has 3 rings (SSSR count). The van der Waals surface area contributed by atoms with Gasteiger partial charge in [0.15, 0.2) is 0 Å². The highest BCUT2D eigenvalue weighted by atomic mass is 16.5. The van der Waals surface area contributed by atoms with E-state index in [4.69, 9.17) is 4.74 Å². The third-order valence-corrected chi connectivity index (χ3v) is 6.99. The van der Waals surface area contributed by atoms with Gasteiger partial charge < -0.3 is 9.84 Å². The zero-order chi connectivity index (χ0) is 13.0. The fourth-order valence-electron chi connectivity index (χ4n) is 5.51. The summed E-state index contributed by atoms with van der Waals surface area (Å²) in [5.74, 6) is 1.32. The number of rotatable bonds is 1. The Labute approximate surface area is 111 Å². The van der Waals surface area contributed by atoms with Gasteiger partial charge in [-0.15, -0.1) is 0 Å². The topological polar surface area (TPSA) is 29.5 Å². The molecule has 0 bridgehead atoms. The van der Waals surface area contributed by atoms with Gasteiger partial charge in [0.05, 0.1) is 5.60 Å². The van der Waals surface area contributed by atoms with E-state index in [0.717, 1.165) is 12.5 Å². The van der Waals surface area contributed by atoms with Gasteiger partial charge in [-0.25, -0.2) is 0 Å². The second kappa shape index (κ2) is 3.96. The lowest BCUT2D eigenvalue weighted by Gasteiger charge is -2.61. The summed E-state index contributed by atoms with van der Waals surface area (Å²) in [5.41, 5.74) is 0.497. The Kier molecular flexibility index (Phi) is 2.84. The number of hydrogen-bond acceptors (Lipinski definition) is 2. The Morgan fingerprint density at radius 2 is 1.94 bits per heavy atom. The molecule has 18 heavy (non-hydrogen) atoms. The van der Waals surface area contributed by atoms with Crippen molar-refractivity contribution in [3.8, 4) is 0 Å². The molecule has 104 valence electrons. The van der Waals surface area contributed by atoms with E-state index in [0.29, 0.717) is 17.9 Å². The Morgan fingerprint density at radius 1 is 1.17 bits per heavy atom. The van der Waals surface area contributed by atoms with Crippen LogP contribution in [0.4, 0.5) is 0 Å². The third kappa shape index (κ3) is 1.37. The molecule has 2 aliphatic carbocycles. The van der Waals surface area contributed by atoms with Crippen molar-refractivity contribution in [2.45, 2.75) is 64.9 Å². The summed E-state index contributed by atoms with van der Waals surface area (Å²) in [7, 11) is 0. The van der Waals surface area contributed by atoms with Crippen LogP contribution in [0.2, 0.25) is 0 Å². The van der Waals surface area contributed by atoms with Gasteiger partial charge in [-0.05, 0) is 55.8 Å². The summed E-state index contributed by atoms with van der Waals surface area (Å²) < 4.78 is 6.41. The van der Waals surface area contributed by atoms with E-state index < -0.39 is 0 Å². The van der Waals surface area contributed by atoms with Crippen LogP contribution in [0.3, 0.4) is 0 Å². The molecule has 1 saturated heterocycles. The van der Waals surface area contributed by atoms with Gasteiger partial charge in [0.1, 0.15) is 0 Å². The first-order chi connectivity index (χ1) is 8.48. The van der Waals surface area contributed by atoms with Gasteiger partial charge in [-0.2, -0.15) is 0 Å². The molecule has 1 N–H and O–H groups in total. The van der Waals surface area contributed by atoms with Crippen LogP contribution in [-0.2, 0) is 4.74 Å². The molecule has 0 radical (unpaired) electrons. The van der Waals surface area contributed by atoms with Crippen molar-refractivity contribution in [2.75, 3.05) is 13.2 Å². The highest BCUT2D eigenvalue weighted by molar-refractivity contribution is 5.15. The van der Waals surface area contributed by atoms with Crippen LogP contribution >= 0.6 is 0 Å². The Bertz CT molecular complexity index is 342. The largest absolute Gasteiger partial charge is 0.396 e. The van der Waals surface area contributed by atoms with E-state index in [2.05, 4.69) is 20.8 Å². The van der Waals surface area contributed by atoms with Crippen LogP contribution < -0.4 is 0 Å². The number of aliphatic hydroxyl groups is 1. The first kappa shape index (κ1) is 12.9. The van der Waals surface area contributed by atoms with Gasteiger partial charge in [0, 0.05) is 18.6 Å². The van der Waals surface area contributed by atoms with Gasteiger partial charge in [0.25, 0.3) is 0 Å². The molecular weight excluding hydrogens is 224 g/mol. The summed E-state index contributed by atoms with van der Waals surface area (Å²) in [6, 6.07) is 0. The normalized spacial score (nSPS) is 56.0. The van der Waals surface area contributed by atoms with Crippen molar-refractivity contribution in [1.82, 2.24) is 0 Å². The maximum atomic E-state index is 9.90. The molecule has 2 nitrogen and oxygen atoms in total. The Hall–Kier alpha value is -0.0800. The van der Waals surface area contributed by atoms with E-state index in [1.165, 1.54) is 38.5 Å². The van der Waals surface area contributed by atoms with Crippen LogP contribution in [-0.4, -0.2) is 23.9 Å². The van der Waals surface area contributed by atoms with Crippen LogP contribution in [0.1, 0.15) is 59.3 Å². The first-order valence-corrected chi connectivity index (χ1v) is 7.73. The quantitative estimate of drug-likeness (QED) is 0.775. The van der Waals surface area contributed by atoms with Crippen molar-refractivity contribution in [3.63, 3.8) is 0 Å². The standard InChI is InChI=1S/C16H28O2/c1-12-5-6-13-14(2,11-17)7-4-8-16(13)15(12,3)9-10-18-16/h12-13,17H,4-11H2,1-3H3/t12?,13?,14-,15+,16-/m1/s1. The first-order valence-electron chi connectivity index (χ1n) is 7.73. The average Bonchev–Trinajstić information content (AvgIpc) is 2.69. The summed E-state index contributed by atoms with van der Waals surface area (Å²) in [6.07, 6.45) is 7.37. The molecule has 5 atom stereocenters. The fourth-order valence-corrected chi connectivity index (χ4v) is 5.51. The van der Waals surface area contributed by atoms with Crippen LogP contribution in [0.25, 0.3) is 0 Å². The maximum absolute atomic E-state index is 9.90. The van der Waals surface area contributed by atoms with E-state index in [1.54, 1.807) is 0 Å². The van der Waals surface area contributed by atoms with Gasteiger partial charge in [0.2, 0.25) is 0 Å². The van der Waals surface area contributed by atoms with Gasteiger partial charge in [-0.1, -0.05) is 20.8 Å². The van der Waals surface area contributed by atoms with Crippen LogP contribution in [0, 0.1) is 22.7 Å². The molecule has 0 aromatic carbocycles. The summed E-state index contributed by atoms with van der Waals surface area (Å²) in [6.45, 7) is 8.42. The predicted molar refractivity (Wildman–Crippen MR) is 72.3 cm³/mol. The van der Waals surface area contributed by atoms with Crippen molar-refractivity contribution in [1.29, 1.82) is 0 Å². The van der Waals surface area contributed by atoms with E-state index in [-0.39, 0.29) is 11.0 Å². The minimum atomic E-state index is 0.0698. The summed E-state index contributed by atoms with van der Waals surface area (Å²) in [5, 5.41) is 9.90. The molecule has 2 unspecified atom stereocenters. The summed E-state index contributed by atoms with van der Waals surface area (Å²) >= 11 is 0. The smallest absolute Gasteiger partial charge is 0.0773 e. The Morgan fingerprint density at radius 3 is 2.67 bits per heavy atom. The number of ether oxygens (including phenoxy) is 1. The molecule has 0 aromatic rings. The molecule has 0 amide bonds. The average molecular weight is 252 g/mol. The number of aliphatic hydroxyl groups excluding tert-OH is 1. The maximum Gasteiger partial charge on any atom is 0.0773 e. The van der Waals surface area contributed by atoms with E-state index in [9.17, 15) is 5.11 Å². The molecular formula is C16H28O2. The van der Waals surface area contributed by atoms with Crippen LogP contribution in [0.5, 0.6) is 0 Å². The highest BCUT2D eigenvalue weighted by Crippen LogP contribution is 2.66. The molecule has 3 aliphatic rings. The second-order valence-corrected chi connectivity index (χ2v) is 7.60. The second-order valence-electron chi connectivity index (χ2n) is 7.60. The van der Waals surface area contributed by atoms with Crippen molar-refractivity contribution < 1.29 is 9.84 Å². The molecule has 2 heteroatoms. The van der Waals surface area contributed by atoms with Gasteiger partial charge >= 0.3 is 0 Å². The monoisotopic (exact) mass is 252 g/mol. The lowest BCUT2D eigenvalue weighted by molar-refractivity contribution is -0.208. The van der Waals surface area contributed by atoms with Crippen molar-refractivity contribution in [2.24, 2.45) is 22.7 Å². The molecule has 0 aromatic heterocycles. The SMILES string of the molecule is CC1CCC2[C@@](C)(CO)CCC[C@@]23OCC[C@@]13C. The number of hydrogen-bond donors (Lipinski definition) is 1. The zero-order valence-electron chi connectivity index (χ0n) is 12.2. The minimum Gasteiger partial charge on any atom is -0.396 e. The summed E-state index contributed by atoms with van der Waals surface area (Å²) in [4.78, 5) is 0. The van der Waals surface area contributed by atoms with Crippen molar-refractivity contribution >= 4 is 0 Å². The Balaban J connectivity index is 2.05. The fraction of sp³-hybridized carbons (Fsp3) is 1.00. The van der Waals surface area contributed by atoms with Gasteiger partial charge in [-0.3, -0.25) is 0 Å². The zero-order valence-corrected chi connectivity index (χ0v) is 12.2.